The topological polar surface area (TPSA) is 24.8 Å². The predicted molar refractivity (Wildman–Crippen MR) is 84.3 cm³/mol. The van der Waals surface area contributed by atoms with E-state index in [2.05, 4.69) is 51.4 Å². The molecule has 0 radical (unpaired) electrons. The summed E-state index contributed by atoms with van der Waals surface area (Å²) in [6, 6.07) is 10.7. The quantitative estimate of drug-likeness (QED) is 0.762. The Balaban J connectivity index is 1.76. The first-order valence-corrected chi connectivity index (χ1v) is 8.25. The van der Waals surface area contributed by atoms with E-state index in [1.165, 1.54) is 10.4 Å². The zero-order valence-corrected chi connectivity index (χ0v) is 13.3. The molecule has 0 aliphatic carbocycles. The molecule has 0 unspecified atom stereocenters. The minimum absolute atomic E-state index is 0.0221. The first kappa shape index (κ1) is 12.4. The highest BCUT2D eigenvalue weighted by molar-refractivity contribution is 9.10. The van der Waals surface area contributed by atoms with Gasteiger partial charge in [0.1, 0.15) is 5.75 Å². The van der Waals surface area contributed by atoms with E-state index in [0.29, 0.717) is 0 Å². The summed E-state index contributed by atoms with van der Waals surface area (Å²) in [7, 11) is 0. The lowest BCUT2D eigenvalue weighted by atomic mass is 9.99. The fourth-order valence-electron chi connectivity index (χ4n) is 2.83. The van der Waals surface area contributed by atoms with Gasteiger partial charge in [-0.1, -0.05) is 22.0 Å². The van der Waals surface area contributed by atoms with Crippen LogP contribution in [-0.2, 0) is 0 Å². The smallest absolute Gasteiger partial charge is 0.185 e. The number of nitrogens with zero attached hydrogens (tertiary/aromatic N) is 2. The molecule has 4 rings (SSSR count). The normalized spacial score (nSPS) is 23.9. The second-order valence-corrected chi connectivity index (χ2v) is 6.89. The minimum Gasteiger partial charge on any atom is -0.469 e. The van der Waals surface area contributed by atoms with Crippen molar-refractivity contribution in [2.24, 2.45) is 5.10 Å². The summed E-state index contributed by atoms with van der Waals surface area (Å²) in [5.74, 6) is 0.976. The molecule has 0 amide bonds. The lowest BCUT2D eigenvalue weighted by Crippen LogP contribution is -2.37. The van der Waals surface area contributed by atoms with Crippen LogP contribution in [0, 0.1) is 0 Å². The summed E-state index contributed by atoms with van der Waals surface area (Å²) in [6.45, 7) is 2.05. The summed E-state index contributed by atoms with van der Waals surface area (Å²) < 4.78 is 7.05. The summed E-state index contributed by atoms with van der Waals surface area (Å²) in [5, 5.41) is 8.97. The van der Waals surface area contributed by atoms with Gasteiger partial charge in [0, 0.05) is 16.5 Å². The van der Waals surface area contributed by atoms with Crippen LogP contribution in [0.5, 0.6) is 5.75 Å². The number of hydrazone groups is 1. The molecule has 0 N–H and O–H groups in total. The van der Waals surface area contributed by atoms with Gasteiger partial charge in [0.15, 0.2) is 6.23 Å². The third-order valence-electron chi connectivity index (χ3n) is 3.75. The number of benzene rings is 1. The first-order chi connectivity index (χ1) is 9.72. The van der Waals surface area contributed by atoms with Gasteiger partial charge < -0.3 is 4.74 Å². The van der Waals surface area contributed by atoms with Gasteiger partial charge in [0.25, 0.3) is 0 Å². The van der Waals surface area contributed by atoms with Crippen LogP contribution >= 0.6 is 27.3 Å². The van der Waals surface area contributed by atoms with Crippen molar-refractivity contribution in [2.75, 3.05) is 0 Å². The standard InChI is InChI=1S/C15H13BrN2OS/c1-9-18-13(8-12(17-18)15-3-2-6-20-15)11-7-10(16)4-5-14(11)19-9/h2-7,9,13H,8H2,1H3/t9-,13+/m0/s1. The van der Waals surface area contributed by atoms with Crippen molar-refractivity contribution in [1.29, 1.82) is 0 Å². The average molecular weight is 349 g/mol. The van der Waals surface area contributed by atoms with Crippen LogP contribution in [0.1, 0.15) is 29.8 Å². The fraction of sp³-hybridized carbons (Fsp3) is 0.267. The van der Waals surface area contributed by atoms with Gasteiger partial charge in [-0.2, -0.15) is 5.10 Å². The maximum absolute atomic E-state index is 5.97. The van der Waals surface area contributed by atoms with E-state index in [1.54, 1.807) is 11.3 Å². The highest BCUT2D eigenvalue weighted by atomic mass is 79.9. The van der Waals surface area contributed by atoms with Gasteiger partial charge >= 0.3 is 0 Å². The Bertz CT molecular complexity index is 683. The largest absolute Gasteiger partial charge is 0.469 e. The fourth-order valence-corrected chi connectivity index (χ4v) is 3.93. The van der Waals surface area contributed by atoms with Crippen molar-refractivity contribution in [2.45, 2.75) is 25.6 Å². The van der Waals surface area contributed by atoms with Gasteiger partial charge in [0.2, 0.25) is 0 Å². The van der Waals surface area contributed by atoms with Gasteiger partial charge in [-0.15, -0.1) is 11.3 Å². The summed E-state index contributed by atoms with van der Waals surface area (Å²) in [6.07, 6.45) is 0.920. The molecular weight excluding hydrogens is 336 g/mol. The number of hydrogen-bond donors (Lipinski definition) is 0. The number of halogens is 1. The van der Waals surface area contributed by atoms with Crippen LogP contribution in [0.2, 0.25) is 0 Å². The number of hydrogen-bond acceptors (Lipinski definition) is 4. The van der Waals surface area contributed by atoms with Crippen molar-refractivity contribution in [3.8, 4) is 5.75 Å². The van der Waals surface area contributed by atoms with Crippen molar-refractivity contribution in [3.05, 3.63) is 50.6 Å². The average Bonchev–Trinajstić information content (AvgIpc) is 3.08. The third kappa shape index (κ3) is 1.88. The van der Waals surface area contributed by atoms with E-state index in [4.69, 9.17) is 9.84 Å². The van der Waals surface area contributed by atoms with Crippen molar-refractivity contribution in [3.63, 3.8) is 0 Å². The van der Waals surface area contributed by atoms with Crippen LogP contribution in [0.15, 0.2) is 45.3 Å². The van der Waals surface area contributed by atoms with Crippen LogP contribution < -0.4 is 4.74 Å². The molecule has 0 bridgehead atoms. The van der Waals surface area contributed by atoms with E-state index in [1.807, 2.05) is 12.1 Å². The Kier molecular flexibility index (Phi) is 2.86. The number of ether oxygens (including phenoxy) is 1. The highest BCUT2D eigenvalue weighted by Crippen LogP contribution is 2.44. The second-order valence-electron chi connectivity index (χ2n) is 5.02. The predicted octanol–water partition coefficient (Wildman–Crippen LogP) is 4.40. The zero-order valence-electron chi connectivity index (χ0n) is 10.9. The number of thiophene rings is 1. The summed E-state index contributed by atoms with van der Waals surface area (Å²) in [4.78, 5) is 1.25. The number of fused-ring (bicyclic) bond motifs is 3. The molecular formula is C15H13BrN2OS. The second kappa shape index (κ2) is 4.60. The molecule has 2 aliphatic rings. The Hall–Kier alpha value is -1.33. The van der Waals surface area contributed by atoms with Crippen molar-refractivity contribution in [1.82, 2.24) is 5.01 Å². The van der Waals surface area contributed by atoms with Crippen LogP contribution in [0.25, 0.3) is 0 Å². The van der Waals surface area contributed by atoms with Gasteiger partial charge in [-0.05, 0) is 36.6 Å². The SMILES string of the molecule is C[C@@H]1Oc2ccc(Br)cc2[C@H]2CC(c3cccs3)=NN12. The molecule has 1 aromatic heterocycles. The zero-order chi connectivity index (χ0) is 13.7. The lowest BCUT2D eigenvalue weighted by Gasteiger charge is -2.36. The monoisotopic (exact) mass is 348 g/mol. The van der Waals surface area contributed by atoms with Crippen molar-refractivity contribution < 1.29 is 4.74 Å². The van der Waals surface area contributed by atoms with Crippen molar-refractivity contribution >= 4 is 33.0 Å². The van der Waals surface area contributed by atoms with Crippen LogP contribution in [0.4, 0.5) is 0 Å². The molecule has 0 fully saturated rings. The Labute approximate surface area is 130 Å². The molecule has 0 spiro atoms. The van der Waals surface area contributed by atoms with Gasteiger partial charge in [0.05, 0.1) is 16.6 Å². The van der Waals surface area contributed by atoms with E-state index in [0.717, 1.165) is 22.4 Å². The van der Waals surface area contributed by atoms with E-state index >= 15 is 0 Å². The molecule has 2 aromatic rings. The molecule has 3 nitrogen and oxygen atoms in total. The van der Waals surface area contributed by atoms with Crippen LogP contribution in [-0.4, -0.2) is 16.9 Å². The van der Waals surface area contributed by atoms with Crippen LogP contribution in [0.3, 0.4) is 0 Å². The number of rotatable bonds is 1. The molecule has 0 saturated carbocycles. The van der Waals surface area contributed by atoms with E-state index in [9.17, 15) is 0 Å². The Morgan fingerprint density at radius 1 is 1.40 bits per heavy atom. The molecule has 1 aromatic carbocycles. The molecule has 2 atom stereocenters. The Morgan fingerprint density at radius 3 is 3.10 bits per heavy atom. The lowest BCUT2D eigenvalue weighted by molar-refractivity contribution is -0.00339. The maximum Gasteiger partial charge on any atom is 0.185 e. The molecule has 3 heterocycles. The molecule has 0 saturated heterocycles. The van der Waals surface area contributed by atoms with Gasteiger partial charge in [-0.25, -0.2) is 0 Å². The molecule has 20 heavy (non-hydrogen) atoms. The third-order valence-corrected chi connectivity index (χ3v) is 5.16. The molecule has 102 valence electrons. The van der Waals surface area contributed by atoms with E-state index < -0.39 is 0 Å². The highest BCUT2D eigenvalue weighted by Gasteiger charge is 2.38. The molecule has 2 aliphatic heterocycles. The van der Waals surface area contributed by atoms with Gasteiger partial charge in [-0.3, -0.25) is 5.01 Å². The Morgan fingerprint density at radius 2 is 2.30 bits per heavy atom. The summed E-state index contributed by atoms with van der Waals surface area (Å²) >= 11 is 5.29. The summed E-state index contributed by atoms with van der Waals surface area (Å²) in [5.41, 5.74) is 2.38. The first-order valence-electron chi connectivity index (χ1n) is 6.58. The minimum atomic E-state index is -0.0221. The molecule has 5 heteroatoms. The maximum atomic E-state index is 5.97. The van der Waals surface area contributed by atoms with E-state index in [-0.39, 0.29) is 12.3 Å².